The maximum absolute atomic E-state index is 10.2. The molecular formula is C17H20O6. The highest BCUT2D eigenvalue weighted by Gasteiger charge is 2.25. The number of ether oxygens (including phenoxy) is 2. The van der Waals surface area contributed by atoms with Crippen LogP contribution in [0.15, 0.2) is 36.4 Å². The molecule has 0 bridgehead atoms. The minimum atomic E-state index is -1.07. The molecule has 4 N–H and O–H groups in total. The molecule has 2 aromatic carbocycles. The Labute approximate surface area is 134 Å². The van der Waals surface area contributed by atoms with Crippen LogP contribution in [-0.4, -0.2) is 47.4 Å². The predicted molar refractivity (Wildman–Crippen MR) is 84.3 cm³/mol. The highest BCUT2D eigenvalue weighted by molar-refractivity contribution is 5.49. The Kier molecular flexibility index (Phi) is 5.31. The molecule has 0 saturated heterocycles. The van der Waals surface area contributed by atoms with Crippen molar-refractivity contribution < 1.29 is 29.9 Å². The van der Waals surface area contributed by atoms with Crippen LogP contribution in [-0.2, 0) is 0 Å². The Hall–Kier alpha value is -2.44. The Morgan fingerprint density at radius 3 is 1.65 bits per heavy atom. The number of aromatic hydroxyl groups is 2. The first-order chi connectivity index (χ1) is 11.0. The van der Waals surface area contributed by atoms with E-state index < -0.39 is 18.6 Å². The highest BCUT2D eigenvalue weighted by Crippen LogP contribution is 2.37. The zero-order chi connectivity index (χ0) is 17.0. The topological polar surface area (TPSA) is 99.4 Å². The summed E-state index contributed by atoms with van der Waals surface area (Å²) >= 11 is 0. The number of phenols is 2. The average molecular weight is 320 g/mol. The fourth-order valence-electron chi connectivity index (χ4n) is 2.52. The number of aliphatic hydroxyl groups is 2. The molecular weight excluding hydrogens is 300 g/mol. The van der Waals surface area contributed by atoms with E-state index in [4.69, 9.17) is 9.47 Å². The second kappa shape index (κ2) is 7.21. The van der Waals surface area contributed by atoms with E-state index in [-0.39, 0.29) is 23.0 Å². The molecule has 2 rings (SSSR count). The summed E-state index contributed by atoms with van der Waals surface area (Å²) in [6.45, 7) is -0.447. The molecule has 1 atom stereocenters. The van der Waals surface area contributed by atoms with E-state index in [1.54, 1.807) is 24.3 Å². The van der Waals surface area contributed by atoms with Gasteiger partial charge in [-0.1, -0.05) is 12.1 Å². The fourth-order valence-corrected chi connectivity index (χ4v) is 2.52. The number of phenolic OH excluding ortho intramolecular Hbond substituents is 2. The lowest BCUT2D eigenvalue weighted by atomic mass is 9.86. The molecule has 6 nitrogen and oxygen atoms in total. The Balaban J connectivity index is 2.53. The van der Waals surface area contributed by atoms with Gasteiger partial charge in [0.05, 0.1) is 26.9 Å². The van der Waals surface area contributed by atoms with Crippen LogP contribution < -0.4 is 9.47 Å². The van der Waals surface area contributed by atoms with Gasteiger partial charge in [-0.2, -0.15) is 0 Å². The molecule has 0 aliphatic rings. The quantitative estimate of drug-likeness (QED) is 0.645. The van der Waals surface area contributed by atoms with Crippen LogP contribution in [0.25, 0.3) is 0 Å². The number of methoxy groups -OCH3 is 2. The van der Waals surface area contributed by atoms with Gasteiger partial charge in [-0.3, -0.25) is 0 Å². The minimum Gasteiger partial charge on any atom is -0.504 e. The summed E-state index contributed by atoms with van der Waals surface area (Å²) < 4.78 is 10.2. The van der Waals surface area contributed by atoms with Gasteiger partial charge in [-0.25, -0.2) is 0 Å². The van der Waals surface area contributed by atoms with E-state index in [2.05, 4.69) is 0 Å². The lowest BCUT2D eigenvalue weighted by Crippen LogP contribution is -2.23. The van der Waals surface area contributed by atoms with Crippen LogP contribution >= 0.6 is 0 Å². The van der Waals surface area contributed by atoms with Crippen molar-refractivity contribution in [2.24, 2.45) is 0 Å². The molecule has 0 amide bonds. The molecule has 0 spiro atoms. The third kappa shape index (κ3) is 3.49. The number of benzene rings is 2. The van der Waals surface area contributed by atoms with Crippen LogP contribution in [0.4, 0.5) is 0 Å². The van der Waals surface area contributed by atoms with Crippen molar-refractivity contribution in [3.8, 4) is 23.0 Å². The third-order valence-corrected chi connectivity index (χ3v) is 3.70. The molecule has 0 heterocycles. The minimum absolute atomic E-state index is 0.0169. The molecule has 23 heavy (non-hydrogen) atoms. The van der Waals surface area contributed by atoms with E-state index in [1.165, 1.54) is 26.4 Å². The SMILES string of the molecule is COc1cc(C(c2ccc(O)c(OC)c2)[C@H](O)CO)ccc1O. The summed E-state index contributed by atoms with van der Waals surface area (Å²) in [5.74, 6) is -0.0793. The summed E-state index contributed by atoms with van der Waals surface area (Å²) in [5.41, 5.74) is 1.29. The van der Waals surface area contributed by atoms with Crippen LogP contribution in [0, 0.1) is 0 Å². The normalized spacial score (nSPS) is 12.2. The lowest BCUT2D eigenvalue weighted by molar-refractivity contribution is 0.0822. The van der Waals surface area contributed by atoms with Crippen molar-refractivity contribution in [1.82, 2.24) is 0 Å². The van der Waals surface area contributed by atoms with Crippen molar-refractivity contribution in [2.75, 3.05) is 20.8 Å². The Morgan fingerprint density at radius 1 is 0.870 bits per heavy atom. The number of hydrogen-bond acceptors (Lipinski definition) is 6. The van der Waals surface area contributed by atoms with Gasteiger partial charge >= 0.3 is 0 Å². The summed E-state index contributed by atoms with van der Waals surface area (Å²) in [4.78, 5) is 0. The maximum Gasteiger partial charge on any atom is 0.160 e. The Morgan fingerprint density at radius 2 is 1.30 bits per heavy atom. The summed E-state index contributed by atoms with van der Waals surface area (Å²) in [5, 5.41) is 39.0. The maximum atomic E-state index is 10.2. The summed E-state index contributed by atoms with van der Waals surface area (Å²) in [6, 6.07) is 9.39. The second-order valence-corrected chi connectivity index (χ2v) is 5.09. The zero-order valence-electron chi connectivity index (χ0n) is 12.9. The average Bonchev–Trinajstić information content (AvgIpc) is 2.57. The monoisotopic (exact) mass is 320 g/mol. The molecule has 0 aromatic heterocycles. The van der Waals surface area contributed by atoms with Crippen molar-refractivity contribution in [3.05, 3.63) is 47.5 Å². The van der Waals surface area contributed by atoms with E-state index in [1.807, 2.05) is 0 Å². The molecule has 0 radical (unpaired) electrons. The molecule has 0 fully saturated rings. The first-order valence-corrected chi connectivity index (χ1v) is 7.04. The highest BCUT2D eigenvalue weighted by atomic mass is 16.5. The van der Waals surface area contributed by atoms with E-state index in [0.29, 0.717) is 11.1 Å². The zero-order valence-corrected chi connectivity index (χ0v) is 12.9. The van der Waals surface area contributed by atoms with Gasteiger partial charge in [0, 0.05) is 5.92 Å². The van der Waals surface area contributed by atoms with Gasteiger partial charge in [0.15, 0.2) is 23.0 Å². The fraction of sp³-hybridized carbons (Fsp3) is 0.294. The van der Waals surface area contributed by atoms with Gasteiger partial charge in [0.25, 0.3) is 0 Å². The van der Waals surface area contributed by atoms with Crippen molar-refractivity contribution in [3.63, 3.8) is 0 Å². The van der Waals surface area contributed by atoms with Crippen molar-refractivity contribution in [1.29, 1.82) is 0 Å². The first-order valence-electron chi connectivity index (χ1n) is 7.04. The van der Waals surface area contributed by atoms with Gasteiger partial charge in [0.2, 0.25) is 0 Å². The molecule has 0 aliphatic heterocycles. The van der Waals surface area contributed by atoms with Gasteiger partial charge in [-0.05, 0) is 35.4 Å². The molecule has 0 saturated carbocycles. The molecule has 0 unspecified atom stereocenters. The molecule has 2 aromatic rings. The van der Waals surface area contributed by atoms with Crippen LogP contribution in [0.5, 0.6) is 23.0 Å². The smallest absolute Gasteiger partial charge is 0.160 e. The van der Waals surface area contributed by atoms with Crippen LogP contribution in [0.2, 0.25) is 0 Å². The van der Waals surface area contributed by atoms with Crippen molar-refractivity contribution in [2.45, 2.75) is 12.0 Å². The van der Waals surface area contributed by atoms with Crippen molar-refractivity contribution >= 4 is 0 Å². The van der Waals surface area contributed by atoms with Gasteiger partial charge < -0.3 is 29.9 Å². The summed E-state index contributed by atoms with van der Waals surface area (Å²) in [7, 11) is 2.86. The van der Waals surface area contributed by atoms with Crippen LogP contribution in [0.3, 0.4) is 0 Å². The number of rotatable bonds is 6. The first kappa shape index (κ1) is 16.9. The van der Waals surface area contributed by atoms with E-state index in [9.17, 15) is 20.4 Å². The number of hydrogen-bond donors (Lipinski definition) is 4. The predicted octanol–water partition coefficient (Wildman–Crippen LogP) is 1.60. The summed E-state index contributed by atoms with van der Waals surface area (Å²) in [6.07, 6.45) is -1.07. The Bertz CT molecular complexity index is 617. The van der Waals surface area contributed by atoms with E-state index >= 15 is 0 Å². The standard InChI is InChI=1S/C17H20O6/c1-22-15-7-10(3-5-12(15)19)17(14(21)9-18)11-4-6-13(20)16(8-11)23-2/h3-8,14,17-21H,9H2,1-2H3/t14-/m1/s1. The molecule has 0 aliphatic carbocycles. The van der Waals surface area contributed by atoms with Gasteiger partial charge in [0.1, 0.15) is 0 Å². The molecule has 124 valence electrons. The second-order valence-electron chi connectivity index (χ2n) is 5.09. The third-order valence-electron chi connectivity index (χ3n) is 3.70. The lowest BCUT2D eigenvalue weighted by Gasteiger charge is -2.23. The largest absolute Gasteiger partial charge is 0.504 e. The molecule has 6 heteroatoms. The van der Waals surface area contributed by atoms with Gasteiger partial charge in [-0.15, -0.1) is 0 Å². The van der Waals surface area contributed by atoms with Crippen LogP contribution in [0.1, 0.15) is 17.0 Å². The number of aliphatic hydroxyl groups excluding tert-OH is 2. The van der Waals surface area contributed by atoms with E-state index in [0.717, 1.165) is 0 Å².